The lowest BCUT2D eigenvalue weighted by atomic mass is 9.72. The largest absolute Gasteiger partial charge is 0.322 e. The van der Waals surface area contributed by atoms with Gasteiger partial charge in [-0.05, 0) is 59.8 Å². The van der Waals surface area contributed by atoms with Gasteiger partial charge in [0.1, 0.15) is 0 Å². The van der Waals surface area contributed by atoms with Crippen LogP contribution >= 0.6 is 11.3 Å². The molecule has 1 aliphatic rings. The highest BCUT2D eigenvalue weighted by Gasteiger charge is 2.31. The molecule has 3 heteroatoms. The molecule has 1 N–H and O–H groups in total. The summed E-state index contributed by atoms with van der Waals surface area (Å²) in [5.74, 6) is 1.24. The Morgan fingerprint density at radius 2 is 1.88 bits per heavy atom. The van der Waals surface area contributed by atoms with Crippen molar-refractivity contribution >= 4 is 22.9 Å². The van der Waals surface area contributed by atoms with E-state index in [9.17, 15) is 4.79 Å². The molecule has 134 valence electrons. The number of hydrogen-bond donors (Lipinski definition) is 1. The minimum atomic E-state index is 0.0315. The molecule has 0 aliphatic heterocycles. The van der Waals surface area contributed by atoms with E-state index in [0.717, 1.165) is 24.1 Å². The molecule has 25 heavy (non-hydrogen) atoms. The zero-order valence-corrected chi connectivity index (χ0v) is 16.8. The summed E-state index contributed by atoms with van der Waals surface area (Å²) in [5.41, 5.74) is 4.65. The van der Waals surface area contributed by atoms with E-state index in [0.29, 0.717) is 17.3 Å². The number of carbonyl (C=O) groups excluding carboxylic acids is 1. The van der Waals surface area contributed by atoms with Crippen LogP contribution in [-0.2, 0) is 12.8 Å². The van der Waals surface area contributed by atoms with Gasteiger partial charge >= 0.3 is 0 Å². The molecule has 1 aromatic carbocycles. The van der Waals surface area contributed by atoms with Gasteiger partial charge < -0.3 is 5.32 Å². The Kier molecular flexibility index (Phi) is 5.06. The third kappa shape index (κ3) is 3.98. The van der Waals surface area contributed by atoms with Crippen molar-refractivity contribution in [2.45, 2.75) is 59.8 Å². The summed E-state index contributed by atoms with van der Waals surface area (Å²) in [4.78, 5) is 14.1. The number of hydrogen-bond acceptors (Lipinski definition) is 2. The summed E-state index contributed by atoms with van der Waals surface area (Å²) in [5, 5.41) is 5.12. The van der Waals surface area contributed by atoms with Gasteiger partial charge in [0.05, 0.1) is 5.56 Å². The van der Waals surface area contributed by atoms with Gasteiger partial charge in [-0.15, -0.1) is 11.3 Å². The molecule has 1 aromatic heterocycles. The number of anilines is 1. The second kappa shape index (κ2) is 6.95. The average Bonchev–Trinajstić information content (AvgIpc) is 2.97. The van der Waals surface area contributed by atoms with Crippen molar-refractivity contribution in [2.75, 3.05) is 5.32 Å². The number of carbonyl (C=O) groups is 1. The van der Waals surface area contributed by atoms with Gasteiger partial charge in [-0.2, -0.15) is 0 Å². The van der Waals surface area contributed by atoms with Crippen LogP contribution < -0.4 is 5.32 Å². The lowest BCUT2D eigenvalue weighted by molar-refractivity contribution is 0.102. The normalized spacial score (nSPS) is 17.4. The first-order valence-corrected chi connectivity index (χ1v) is 10.1. The molecule has 0 saturated carbocycles. The maximum Gasteiger partial charge on any atom is 0.256 e. The smallest absolute Gasteiger partial charge is 0.256 e. The van der Waals surface area contributed by atoms with Crippen molar-refractivity contribution in [3.8, 4) is 0 Å². The maximum absolute atomic E-state index is 12.7. The summed E-state index contributed by atoms with van der Waals surface area (Å²) in [6, 6.07) is 8.19. The van der Waals surface area contributed by atoms with E-state index in [4.69, 9.17) is 0 Å². The van der Waals surface area contributed by atoms with E-state index < -0.39 is 0 Å². The maximum atomic E-state index is 12.7. The molecular formula is C22H29NOS. The second-order valence-corrected chi connectivity index (χ2v) is 9.55. The minimum Gasteiger partial charge on any atom is -0.322 e. The first-order chi connectivity index (χ1) is 11.8. The lowest BCUT2D eigenvalue weighted by Gasteiger charge is -2.34. The van der Waals surface area contributed by atoms with E-state index >= 15 is 0 Å². The summed E-state index contributed by atoms with van der Waals surface area (Å²) in [7, 11) is 0. The number of rotatable bonds is 3. The molecule has 1 heterocycles. The molecule has 0 bridgehead atoms. The van der Waals surface area contributed by atoms with Crippen molar-refractivity contribution in [1.29, 1.82) is 0 Å². The summed E-state index contributed by atoms with van der Waals surface area (Å²) >= 11 is 1.76. The Balaban J connectivity index is 1.73. The molecule has 3 rings (SSSR count). The van der Waals surface area contributed by atoms with Crippen LogP contribution in [-0.4, -0.2) is 5.91 Å². The highest BCUT2D eigenvalue weighted by Crippen LogP contribution is 2.40. The molecule has 2 nitrogen and oxygen atoms in total. The Bertz CT molecular complexity index is 749. The van der Waals surface area contributed by atoms with Crippen LogP contribution in [0.2, 0.25) is 0 Å². The SMILES string of the molecule is CC(C)c1ccc(NC(=O)c2csc3c2CCC(C(C)(C)C)C3)cc1. The fourth-order valence-electron chi connectivity index (χ4n) is 3.59. The molecule has 0 spiro atoms. The Morgan fingerprint density at radius 3 is 2.48 bits per heavy atom. The molecule has 0 radical (unpaired) electrons. The number of thiophene rings is 1. The van der Waals surface area contributed by atoms with E-state index in [1.54, 1.807) is 11.3 Å². The molecule has 1 atom stereocenters. The predicted molar refractivity (Wildman–Crippen MR) is 108 cm³/mol. The van der Waals surface area contributed by atoms with Crippen LogP contribution in [0.3, 0.4) is 0 Å². The van der Waals surface area contributed by atoms with Crippen LogP contribution in [0.15, 0.2) is 29.6 Å². The number of fused-ring (bicyclic) bond motifs is 1. The van der Waals surface area contributed by atoms with Crippen molar-refractivity contribution in [1.82, 2.24) is 0 Å². The third-order valence-corrected chi connectivity index (χ3v) is 6.51. The van der Waals surface area contributed by atoms with Crippen molar-refractivity contribution in [3.63, 3.8) is 0 Å². The standard InChI is InChI=1S/C22H29NOS/c1-14(2)15-6-9-17(10-7-15)23-21(24)19-13-25-20-12-16(22(3,4)5)8-11-18(19)20/h6-7,9-10,13-14,16H,8,11-12H2,1-5H3,(H,23,24). The number of amides is 1. The quantitative estimate of drug-likeness (QED) is 0.690. The first kappa shape index (κ1) is 18.2. The molecule has 1 aliphatic carbocycles. The summed E-state index contributed by atoms with van der Waals surface area (Å²) in [6.07, 6.45) is 3.31. The lowest BCUT2D eigenvalue weighted by Crippen LogP contribution is -2.27. The van der Waals surface area contributed by atoms with E-state index in [1.165, 1.54) is 22.4 Å². The minimum absolute atomic E-state index is 0.0315. The van der Waals surface area contributed by atoms with Crippen LogP contribution in [0.4, 0.5) is 5.69 Å². The fourth-order valence-corrected chi connectivity index (χ4v) is 4.75. The van der Waals surface area contributed by atoms with Crippen molar-refractivity contribution < 1.29 is 4.79 Å². The fraction of sp³-hybridized carbons (Fsp3) is 0.500. The molecule has 0 fully saturated rings. The summed E-state index contributed by atoms with van der Waals surface area (Å²) < 4.78 is 0. The van der Waals surface area contributed by atoms with Crippen molar-refractivity contribution in [3.05, 3.63) is 51.2 Å². The predicted octanol–water partition coefficient (Wildman–Crippen LogP) is 6.27. The Labute approximate surface area is 155 Å². The topological polar surface area (TPSA) is 29.1 Å². The van der Waals surface area contributed by atoms with Crippen LogP contribution in [0.25, 0.3) is 0 Å². The van der Waals surface area contributed by atoms with Gasteiger partial charge in [0.15, 0.2) is 0 Å². The molecule has 0 saturated heterocycles. The van der Waals surface area contributed by atoms with E-state index in [1.807, 2.05) is 17.5 Å². The first-order valence-electron chi connectivity index (χ1n) is 9.26. The zero-order valence-electron chi connectivity index (χ0n) is 16.0. The van der Waals surface area contributed by atoms with Gasteiger partial charge in [-0.3, -0.25) is 4.79 Å². The Morgan fingerprint density at radius 1 is 1.20 bits per heavy atom. The van der Waals surface area contributed by atoms with Gasteiger partial charge in [0, 0.05) is 15.9 Å². The molecule has 1 amide bonds. The van der Waals surface area contributed by atoms with Gasteiger partial charge in [0.25, 0.3) is 5.91 Å². The van der Waals surface area contributed by atoms with Gasteiger partial charge in [0.2, 0.25) is 0 Å². The van der Waals surface area contributed by atoms with E-state index in [-0.39, 0.29) is 5.91 Å². The highest BCUT2D eigenvalue weighted by molar-refractivity contribution is 7.10. The molecule has 1 unspecified atom stereocenters. The van der Waals surface area contributed by atoms with Crippen molar-refractivity contribution in [2.24, 2.45) is 11.3 Å². The molecule has 2 aromatic rings. The monoisotopic (exact) mass is 355 g/mol. The van der Waals surface area contributed by atoms with E-state index in [2.05, 4.69) is 52.1 Å². The number of benzene rings is 1. The van der Waals surface area contributed by atoms with Crippen LogP contribution in [0.5, 0.6) is 0 Å². The number of nitrogens with one attached hydrogen (secondary N) is 1. The Hall–Kier alpha value is -1.61. The third-order valence-electron chi connectivity index (χ3n) is 5.46. The van der Waals surface area contributed by atoms with Crippen LogP contribution in [0, 0.1) is 11.3 Å². The zero-order chi connectivity index (χ0) is 18.2. The van der Waals surface area contributed by atoms with Crippen LogP contribution in [0.1, 0.15) is 73.3 Å². The van der Waals surface area contributed by atoms with Gasteiger partial charge in [-0.1, -0.05) is 46.8 Å². The average molecular weight is 356 g/mol. The summed E-state index contributed by atoms with van der Waals surface area (Å²) in [6.45, 7) is 11.3. The van der Waals surface area contributed by atoms with Gasteiger partial charge in [-0.25, -0.2) is 0 Å². The highest BCUT2D eigenvalue weighted by atomic mass is 32.1. The molecular weight excluding hydrogens is 326 g/mol. The second-order valence-electron chi connectivity index (χ2n) is 8.59.